The van der Waals surface area contributed by atoms with Gasteiger partial charge in [0.1, 0.15) is 0 Å². The Bertz CT molecular complexity index is 175. The fourth-order valence-electron chi connectivity index (χ4n) is 1.22. The van der Waals surface area contributed by atoms with Gasteiger partial charge in [-0.05, 0) is 20.3 Å². The smallest absolute Gasteiger partial charge is 0.0804 e. The Balaban J connectivity index is 3.03. The molecule has 0 aliphatic carbocycles. The van der Waals surface area contributed by atoms with Crippen molar-refractivity contribution >= 4 is 0 Å². The van der Waals surface area contributed by atoms with Crippen LogP contribution in [0.25, 0.3) is 0 Å². The number of unbranched alkanes of at least 4 members (excludes halogenated alkanes) is 1. The van der Waals surface area contributed by atoms with Crippen LogP contribution in [0.4, 0.5) is 0 Å². The van der Waals surface area contributed by atoms with Crippen LogP contribution in [0.15, 0.2) is 0 Å². The number of hydrogen-bond donors (Lipinski definition) is 1. The highest BCUT2D eigenvalue weighted by atomic mass is 16.6. The van der Waals surface area contributed by atoms with E-state index < -0.39 is 6.10 Å². The van der Waals surface area contributed by atoms with E-state index in [0.29, 0.717) is 39.6 Å². The molecule has 0 bridgehead atoms. The van der Waals surface area contributed by atoms with Crippen LogP contribution in [0.2, 0.25) is 0 Å². The summed E-state index contributed by atoms with van der Waals surface area (Å²) in [6, 6.07) is 0. The van der Waals surface area contributed by atoms with Gasteiger partial charge in [-0.2, -0.15) is 0 Å². The molecule has 0 radical (unpaired) electrons. The standard InChI is InChI=1S/C14H30O5/c1-4-5-6-16-7-8-17-9-10-18-11-12-19-14(3)13(2)15/h13-15H,4-12H2,1-3H3/t13-,14?/m1/s1. The molecule has 1 unspecified atom stereocenters. The van der Waals surface area contributed by atoms with Crippen molar-refractivity contribution in [3.63, 3.8) is 0 Å². The molecule has 0 aliphatic rings. The highest BCUT2D eigenvalue weighted by Gasteiger charge is 2.07. The van der Waals surface area contributed by atoms with E-state index in [1.165, 1.54) is 0 Å². The maximum atomic E-state index is 9.20. The molecule has 0 amide bonds. The molecule has 0 heterocycles. The van der Waals surface area contributed by atoms with Crippen molar-refractivity contribution in [3.8, 4) is 0 Å². The zero-order chi connectivity index (χ0) is 14.3. The maximum Gasteiger partial charge on any atom is 0.0804 e. The zero-order valence-electron chi connectivity index (χ0n) is 12.6. The van der Waals surface area contributed by atoms with Crippen LogP contribution in [-0.4, -0.2) is 63.6 Å². The maximum absolute atomic E-state index is 9.20. The van der Waals surface area contributed by atoms with E-state index in [1.807, 2.05) is 6.92 Å². The van der Waals surface area contributed by atoms with E-state index in [0.717, 1.165) is 19.4 Å². The summed E-state index contributed by atoms with van der Waals surface area (Å²) >= 11 is 0. The fraction of sp³-hybridized carbons (Fsp3) is 1.00. The van der Waals surface area contributed by atoms with Gasteiger partial charge in [-0.3, -0.25) is 0 Å². The van der Waals surface area contributed by atoms with Gasteiger partial charge in [0.2, 0.25) is 0 Å². The minimum Gasteiger partial charge on any atom is -0.391 e. The van der Waals surface area contributed by atoms with Gasteiger partial charge in [0.25, 0.3) is 0 Å². The summed E-state index contributed by atoms with van der Waals surface area (Å²) in [5, 5.41) is 9.20. The van der Waals surface area contributed by atoms with E-state index in [9.17, 15) is 5.11 Å². The Labute approximate surface area is 117 Å². The second kappa shape index (κ2) is 14.2. The highest BCUT2D eigenvalue weighted by molar-refractivity contribution is 4.56. The lowest BCUT2D eigenvalue weighted by atomic mass is 10.3. The summed E-state index contributed by atoms with van der Waals surface area (Å²) in [5.41, 5.74) is 0. The predicted octanol–water partition coefficient (Wildman–Crippen LogP) is 1.62. The molecule has 2 atom stereocenters. The molecule has 1 N–H and O–H groups in total. The minimum absolute atomic E-state index is 0.153. The van der Waals surface area contributed by atoms with Crippen molar-refractivity contribution in [2.45, 2.75) is 45.8 Å². The van der Waals surface area contributed by atoms with Crippen molar-refractivity contribution < 1.29 is 24.1 Å². The van der Waals surface area contributed by atoms with Crippen molar-refractivity contribution in [1.82, 2.24) is 0 Å². The quantitative estimate of drug-likeness (QED) is 0.489. The van der Waals surface area contributed by atoms with Crippen LogP contribution in [0.5, 0.6) is 0 Å². The van der Waals surface area contributed by atoms with Gasteiger partial charge >= 0.3 is 0 Å². The first-order valence-electron chi connectivity index (χ1n) is 7.21. The van der Waals surface area contributed by atoms with Crippen LogP contribution in [0, 0.1) is 0 Å². The Morgan fingerprint density at radius 3 is 1.74 bits per heavy atom. The second-order valence-electron chi connectivity index (χ2n) is 4.51. The van der Waals surface area contributed by atoms with Crippen LogP contribution in [-0.2, 0) is 18.9 Å². The summed E-state index contributed by atoms with van der Waals surface area (Å²) in [6.07, 6.45) is 1.66. The highest BCUT2D eigenvalue weighted by Crippen LogP contribution is 1.96. The van der Waals surface area contributed by atoms with Gasteiger partial charge < -0.3 is 24.1 Å². The average molecular weight is 278 g/mol. The van der Waals surface area contributed by atoms with Crippen molar-refractivity contribution in [2.75, 3.05) is 46.2 Å². The molecule has 5 nitrogen and oxygen atoms in total. The first-order chi connectivity index (χ1) is 9.18. The zero-order valence-corrected chi connectivity index (χ0v) is 12.6. The summed E-state index contributed by atoms with van der Waals surface area (Å²) in [6.45, 7) is 9.91. The average Bonchev–Trinajstić information content (AvgIpc) is 2.39. The summed E-state index contributed by atoms with van der Waals surface area (Å²) in [7, 11) is 0. The predicted molar refractivity (Wildman–Crippen MR) is 74.5 cm³/mol. The molecular weight excluding hydrogens is 248 g/mol. The van der Waals surface area contributed by atoms with Crippen molar-refractivity contribution in [1.29, 1.82) is 0 Å². The van der Waals surface area contributed by atoms with Gasteiger partial charge in [-0.25, -0.2) is 0 Å². The van der Waals surface area contributed by atoms with Crippen LogP contribution < -0.4 is 0 Å². The Morgan fingerprint density at radius 1 is 0.789 bits per heavy atom. The van der Waals surface area contributed by atoms with Gasteiger partial charge in [0, 0.05) is 6.61 Å². The van der Waals surface area contributed by atoms with Gasteiger partial charge in [-0.1, -0.05) is 13.3 Å². The monoisotopic (exact) mass is 278 g/mol. The van der Waals surface area contributed by atoms with Crippen molar-refractivity contribution in [3.05, 3.63) is 0 Å². The van der Waals surface area contributed by atoms with Gasteiger partial charge in [-0.15, -0.1) is 0 Å². The number of aliphatic hydroxyl groups is 1. The minimum atomic E-state index is -0.448. The van der Waals surface area contributed by atoms with E-state index in [1.54, 1.807) is 6.92 Å². The number of ether oxygens (including phenoxy) is 4. The largest absolute Gasteiger partial charge is 0.391 e. The number of aliphatic hydroxyl groups excluding tert-OH is 1. The van der Waals surface area contributed by atoms with E-state index in [4.69, 9.17) is 18.9 Å². The molecule has 0 spiro atoms. The SMILES string of the molecule is CCCCOCCOCCOCCOC(C)[C@@H](C)O. The van der Waals surface area contributed by atoms with Gasteiger partial charge in [0.15, 0.2) is 0 Å². The third kappa shape index (κ3) is 14.0. The lowest BCUT2D eigenvalue weighted by Gasteiger charge is -2.15. The first-order valence-corrected chi connectivity index (χ1v) is 7.21. The van der Waals surface area contributed by atoms with Crippen molar-refractivity contribution in [2.24, 2.45) is 0 Å². The lowest BCUT2D eigenvalue weighted by molar-refractivity contribution is -0.0481. The Hall–Kier alpha value is -0.200. The first kappa shape index (κ1) is 18.8. The number of hydrogen-bond acceptors (Lipinski definition) is 5. The molecule has 5 heteroatoms. The normalized spacial score (nSPS) is 14.5. The molecule has 0 aliphatic heterocycles. The molecule has 0 fully saturated rings. The molecule has 0 saturated heterocycles. The lowest BCUT2D eigenvalue weighted by Crippen LogP contribution is -2.24. The van der Waals surface area contributed by atoms with E-state index in [-0.39, 0.29) is 6.10 Å². The van der Waals surface area contributed by atoms with Crippen LogP contribution >= 0.6 is 0 Å². The number of rotatable bonds is 14. The van der Waals surface area contributed by atoms with E-state index >= 15 is 0 Å². The molecule has 0 aromatic heterocycles. The topological polar surface area (TPSA) is 57.2 Å². The molecule has 0 aromatic rings. The molecule has 0 rings (SSSR count). The Kier molecular flexibility index (Phi) is 14.1. The fourth-order valence-corrected chi connectivity index (χ4v) is 1.22. The summed E-state index contributed by atoms with van der Waals surface area (Å²) in [5.74, 6) is 0. The Morgan fingerprint density at radius 2 is 1.26 bits per heavy atom. The third-order valence-corrected chi connectivity index (χ3v) is 2.67. The molecular formula is C14H30O5. The third-order valence-electron chi connectivity index (χ3n) is 2.67. The van der Waals surface area contributed by atoms with Gasteiger partial charge in [0.05, 0.1) is 51.8 Å². The van der Waals surface area contributed by atoms with E-state index in [2.05, 4.69) is 6.92 Å². The molecule has 19 heavy (non-hydrogen) atoms. The van der Waals surface area contributed by atoms with Crippen LogP contribution in [0.3, 0.4) is 0 Å². The molecule has 116 valence electrons. The summed E-state index contributed by atoms with van der Waals surface area (Å²) < 4.78 is 21.4. The summed E-state index contributed by atoms with van der Waals surface area (Å²) in [4.78, 5) is 0. The van der Waals surface area contributed by atoms with Crippen LogP contribution in [0.1, 0.15) is 33.6 Å². The molecule has 0 saturated carbocycles. The molecule has 0 aromatic carbocycles. The second-order valence-corrected chi connectivity index (χ2v) is 4.51.